The van der Waals surface area contributed by atoms with Crippen molar-refractivity contribution < 1.29 is 28.9 Å². The number of ether oxygens (including phenoxy) is 1. The molecule has 22 heavy (non-hydrogen) atoms. The van der Waals surface area contributed by atoms with Crippen molar-refractivity contribution >= 4 is 11.9 Å². The van der Waals surface area contributed by atoms with Crippen molar-refractivity contribution in [1.82, 2.24) is 0 Å². The molecule has 0 aliphatic carbocycles. The molecule has 0 saturated heterocycles. The number of carboxylic acid groups (broad SMARTS) is 2. The highest BCUT2D eigenvalue weighted by Crippen LogP contribution is 2.33. The first-order chi connectivity index (χ1) is 10.4. The van der Waals surface area contributed by atoms with Crippen LogP contribution in [0.25, 0.3) is 11.1 Å². The van der Waals surface area contributed by atoms with E-state index in [-0.39, 0.29) is 28.0 Å². The zero-order valence-electron chi connectivity index (χ0n) is 11.9. The second-order valence-electron chi connectivity index (χ2n) is 4.64. The molecule has 2 aromatic rings. The summed E-state index contributed by atoms with van der Waals surface area (Å²) in [4.78, 5) is 22.9. The third-order valence-corrected chi connectivity index (χ3v) is 3.30. The Balaban J connectivity index is 2.82. The van der Waals surface area contributed by atoms with Crippen LogP contribution in [0.4, 0.5) is 4.39 Å². The van der Waals surface area contributed by atoms with E-state index in [1.165, 1.54) is 31.4 Å². The molecular formula is C16H13FO5. The Morgan fingerprint density at radius 3 is 2.27 bits per heavy atom. The van der Waals surface area contributed by atoms with Crippen molar-refractivity contribution in [2.24, 2.45) is 0 Å². The average Bonchev–Trinajstić information content (AvgIpc) is 2.45. The first-order valence-corrected chi connectivity index (χ1v) is 6.31. The maximum absolute atomic E-state index is 13.9. The number of aromatic carboxylic acids is 2. The summed E-state index contributed by atoms with van der Waals surface area (Å²) in [7, 11) is 1.30. The number of hydrogen-bond donors (Lipinski definition) is 2. The molecule has 0 amide bonds. The summed E-state index contributed by atoms with van der Waals surface area (Å²) in [5.74, 6) is -3.26. The van der Waals surface area contributed by atoms with Crippen LogP contribution < -0.4 is 4.74 Å². The van der Waals surface area contributed by atoms with Crippen molar-refractivity contribution in [3.63, 3.8) is 0 Å². The third kappa shape index (κ3) is 2.63. The van der Waals surface area contributed by atoms with E-state index in [0.29, 0.717) is 5.56 Å². The Labute approximate surface area is 125 Å². The monoisotopic (exact) mass is 304 g/mol. The fourth-order valence-electron chi connectivity index (χ4n) is 2.28. The first-order valence-electron chi connectivity index (χ1n) is 6.31. The summed E-state index contributed by atoms with van der Waals surface area (Å²) < 4.78 is 18.7. The molecule has 2 N–H and O–H groups in total. The Hall–Kier alpha value is -2.89. The summed E-state index contributed by atoms with van der Waals surface area (Å²) in [6, 6.07) is 6.53. The van der Waals surface area contributed by atoms with Gasteiger partial charge in [0.1, 0.15) is 0 Å². The molecule has 0 atom stereocenters. The quantitative estimate of drug-likeness (QED) is 0.906. The van der Waals surface area contributed by atoms with Gasteiger partial charge in [-0.1, -0.05) is 12.1 Å². The number of carbonyl (C=O) groups is 2. The van der Waals surface area contributed by atoms with Crippen LogP contribution in [-0.4, -0.2) is 29.3 Å². The number of carboxylic acids is 2. The van der Waals surface area contributed by atoms with Gasteiger partial charge < -0.3 is 14.9 Å². The van der Waals surface area contributed by atoms with Gasteiger partial charge in [-0.2, -0.15) is 0 Å². The molecule has 6 heteroatoms. The van der Waals surface area contributed by atoms with Crippen LogP contribution in [0.3, 0.4) is 0 Å². The van der Waals surface area contributed by atoms with Crippen LogP contribution in [-0.2, 0) is 0 Å². The van der Waals surface area contributed by atoms with Crippen molar-refractivity contribution in [2.75, 3.05) is 7.11 Å². The highest BCUT2D eigenvalue weighted by Gasteiger charge is 2.22. The van der Waals surface area contributed by atoms with Gasteiger partial charge in [0.15, 0.2) is 11.6 Å². The number of rotatable bonds is 4. The minimum atomic E-state index is -1.28. The molecule has 114 valence electrons. The first kappa shape index (κ1) is 15.5. The second-order valence-corrected chi connectivity index (χ2v) is 4.64. The topological polar surface area (TPSA) is 83.8 Å². The Bertz CT molecular complexity index is 767. The van der Waals surface area contributed by atoms with E-state index >= 15 is 0 Å². The molecule has 5 nitrogen and oxygen atoms in total. The van der Waals surface area contributed by atoms with Crippen molar-refractivity contribution in [3.05, 3.63) is 52.8 Å². The van der Waals surface area contributed by atoms with Gasteiger partial charge in [-0.25, -0.2) is 14.0 Å². The van der Waals surface area contributed by atoms with E-state index < -0.39 is 17.8 Å². The fourth-order valence-corrected chi connectivity index (χ4v) is 2.28. The van der Waals surface area contributed by atoms with E-state index in [0.717, 1.165) is 6.07 Å². The Morgan fingerprint density at radius 1 is 1.09 bits per heavy atom. The summed E-state index contributed by atoms with van der Waals surface area (Å²) in [6.07, 6.45) is 0. The maximum Gasteiger partial charge on any atom is 0.336 e. The van der Waals surface area contributed by atoms with Crippen LogP contribution in [0, 0.1) is 12.7 Å². The van der Waals surface area contributed by atoms with Gasteiger partial charge >= 0.3 is 11.9 Å². The van der Waals surface area contributed by atoms with E-state index in [9.17, 15) is 24.2 Å². The molecule has 0 aliphatic heterocycles. The molecule has 0 unspecified atom stereocenters. The highest BCUT2D eigenvalue weighted by molar-refractivity contribution is 6.05. The summed E-state index contributed by atoms with van der Waals surface area (Å²) in [5, 5.41) is 18.7. The summed E-state index contributed by atoms with van der Waals surface area (Å²) in [6.45, 7) is 1.55. The SMILES string of the molecule is COc1ccc(-c2c(C(=O)O)ccc(C)c2C(=O)O)cc1F. The van der Waals surface area contributed by atoms with E-state index in [1.54, 1.807) is 6.92 Å². The van der Waals surface area contributed by atoms with Gasteiger partial charge in [-0.3, -0.25) is 0 Å². The van der Waals surface area contributed by atoms with Crippen LogP contribution >= 0.6 is 0 Å². The molecule has 0 fully saturated rings. The third-order valence-electron chi connectivity index (χ3n) is 3.30. The van der Waals surface area contributed by atoms with Gasteiger partial charge in [0.05, 0.1) is 18.2 Å². The predicted octanol–water partition coefficient (Wildman–Crippen LogP) is 3.21. The van der Waals surface area contributed by atoms with Crippen LogP contribution in [0.2, 0.25) is 0 Å². The molecule has 0 spiro atoms. The normalized spacial score (nSPS) is 10.3. The zero-order valence-corrected chi connectivity index (χ0v) is 11.9. The minimum Gasteiger partial charge on any atom is -0.494 e. The molecule has 2 rings (SSSR count). The second kappa shape index (κ2) is 5.85. The van der Waals surface area contributed by atoms with Crippen molar-refractivity contribution in [3.8, 4) is 16.9 Å². The van der Waals surface area contributed by atoms with Crippen molar-refractivity contribution in [1.29, 1.82) is 0 Å². The minimum absolute atomic E-state index is 0.00912. The number of benzene rings is 2. The smallest absolute Gasteiger partial charge is 0.336 e. The fraction of sp³-hybridized carbons (Fsp3) is 0.125. The zero-order chi connectivity index (χ0) is 16.4. The number of aryl methyl sites for hydroxylation is 1. The maximum atomic E-state index is 13.9. The van der Waals surface area contributed by atoms with Crippen molar-refractivity contribution in [2.45, 2.75) is 6.92 Å². The largest absolute Gasteiger partial charge is 0.494 e. The van der Waals surface area contributed by atoms with E-state index in [2.05, 4.69) is 0 Å². The summed E-state index contributed by atoms with van der Waals surface area (Å²) >= 11 is 0. The summed E-state index contributed by atoms with van der Waals surface area (Å²) in [5.41, 5.74) is 0.166. The lowest BCUT2D eigenvalue weighted by Crippen LogP contribution is -2.09. The van der Waals surface area contributed by atoms with Gasteiger partial charge in [0, 0.05) is 5.56 Å². The number of methoxy groups -OCH3 is 1. The lowest BCUT2D eigenvalue weighted by atomic mass is 9.91. The van der Waals surface area contributed by atoms with E-state index in [4.69, 9.17) is 4.74 Å². The van der Waals surface area contributed by atoms with E-state index in [1.807, 2.05) is 0 Å². The molecule has 0 bridgehead atoms. The van der Waals surface area contributed by atoms with Gasteiger partial charge in [0.2, 0.25) is 0 Å². The predicted molar refractivity (Wildman–Crippen MR) is 77.0 cm³/mol. The molecule has 0 radical (unpaired) electrons. The lowest BCUT2D eigenvalue weighted by molar-refractivity contribution is 0.0695. The molecule has 0 heterocycles. The van der Waals surface area contributed by atoms with Gasteiger partial charge in [-0.05, 0) is 36.2 Å². The molecular weight excluding hydrogens is 291 g/mol. The molecule has 0 aromatic heterocycles. The van der Waals surface area contributed by atoms with Gasteiger partial charge in [0.25, 0.3) is 0 Å². The number of halogens is 1. The molecule has 2 aromatic carbocycles. The van der Waals surface area contributed by atoms with Crippen LogP contribution in [0.1, 0.15) is 26.3 Å². The standard InChI is InChI=1S/C16H13FO5/c1-8-3-5-10(15(18)19)14(13(8)16(20)21)9-4-6-12(22-2)11(17)7-9/h3-7H,1-2H3,(H,18,19)(H,20,21). The van der Waals surface area contributed by atoms with Crippen LogP contribution in [0.5, 0.6) is 5.75 Å². The highest BCUT2D eigenvalue weighted by atomic mass is 19.1. The van der Waals surface area contributed by atoms with Crippen LogP contribution in [0.15, 0.2) is 30.3 Å². The Kier molecular flexibility index (Phi) is 4.12. The Morgan fingerprint density at radius 2 is 1.77 bits per heavy atom. The number of hydrogen-bond acceptors (Lipinski definition) is 3. The lowest BCUT2D eigenvalue weighted by Gasteiger charge is -2.13. The molecule has 0 saturated carbocycles. The van der Waals surface area contributed by atoms with Gasteiger partial charge in [-0.15, -0.1) is 0 Å². The molecule has 0 aliphatic rings. The average molecular weight is 304 g/mol.